The Morgan fingerprint density at radius 2 is 2.14 bits per heavy atom. The van der Waals surface area contributed by atoms with Crippen LogP contribution in [0.5, 0.6) is 0 Å². The van der Waals surface area contributed by atoms with Crippen molar-refractivity contribution in [3.05, 3.63) is 39.9 Å². The first-order valence-corrected chi connectivity index (χ1v) is 8.21. The number of nitrogens with zero attached hydrogens (tertiary/aromatic N) is 2. The number of nitro benzene ring substituents is 1. The van der Waals surface area contributed by atoms with Crippen molar-refractivity contribution in [2.75, 3.05) is 12.8 Å². The summed E-state index contributed by atoms with van der Waals surface area (Å²) < 4.78 is 0. The molecule has 0 aliphatic heterocycles. The highest BCUT2D eigenvalue weighted by atomic mass is 32.2. The van der Waals surface area contributed by atoms with Crippen molar-refractivity contribution in [2.45, 2.75) is 37.5 Å². The molecule has 0 N–H and O–H groups in total. The Bertz CT molecular complexity index is 535. The lowest BCUT2D eigenvalue weighted by Gasteiger charge is -2.24. The monoisotopic (exact) mass is 308 g/mol. The summed E-state index contributed by atoms with van der Waals surface area (Å²) in [5.74, 6) is 0.827. The number of hydrogen-bond donors (Lipinski definition) is 0. The summed E-state index contributed by atoms with van der Waals surface area (Å²) in [6.45, 7) is 2.14. The Labute approximate surface area is 128 Å². The molecule has 1 saturated carbocycles. The zero-order valence-corrected chi connectivity index (χ0v) is 13.1. The van der Waals surface area contributed by atoms with E-state index in [1.54, 1.807) is 24.1 Å². The Kier molecular flexibility index (Phi) is 5.22. The van der Waals surface area contributed by atoms with E-state index in [4.69, 9.17) is 0 Å². The van der Waals surface area contributed by atoms with E-state index in [1.807, 2.05) is 11.8 Å². The molecule has 0 aromatic heterocycles. The Morgan fingerprint density at radius 3 is 2.81 bits per heavy atom. The van der Waals surface area contributed by atoms with E-state index in [2.05, 4.69) is 6.92 Å². The number of para-hydroxylation sites is 1. The fourth-order valence-electron chi connectivity index (χ4n) is 2.83. The van der Waals surface area contributed by atoms with Gasteiger partial charge in [0.1, 0.15) is 5.56 Å². The van der Waals surface area contributed by atoms with Gasteiger partial charge in [0, 0.05) is 24.4 Å². The maximum Gasteiger partial charge on any atom is 0.282 e. The van der Waals surface area contributed by atoms with Gasteiger partial charge in [-0.25, -0.2) is 0 Å². The molecule has 1 aromatic rings. The van der Waals surface area contributed by atoms with Crippen LogP contribution in [-0.4, -0.2) is 39.8 Å². The van der Waals surface area contributed by atoms with Crippen molar-refractivity contribution in [3.63, 3.8) is 0 Å². The van der Waals surface area contributed by atoms with E-state index in [-0.39, 0.29) is 23.2 Å². The van der Waals surface area contributed by atoms with Crippen molar-refractivity contribution in [1.82, 2.24) is 4.90 Å². The SMILES string of the molecule is CCS[C@H]1CC[C@@H](N(C)C(=O)c2ccccc2[N+](=O)[O-])C1. The van der Waals surface area contributed by atoms with Crippen LogP contribution in [0.2, 0.25) is 0 Å². The van der Waals surface area contributed by atoms with Gasteiger partial charge in [-0.1, -0.05) is 19.1 Å². The molecule has 1 aliphatic carbocycles. The Morgan fingerprint density at radius 1 is 1.43 bits per heavy atom. The molecular formula is C15H20N2O3S. The minimum absolute atomic E-state index is 0.119. The van der Waals surface area contributed by atoms with Gasteiger partial charge in [0.15, 0.2) is 0 Å². The molecule has 0 saturated heterocycles. The zero-order valence-electron chi connectivity index (χ0n) is 12.3. The van der Waals surface area contributed by atoms with E-state index in [1.165, 1.54) is 12.1 Å². The summed E-state index contributed by atoms with van der Waals surface area (Å²) in [4.78, 5) is 24.8. The largest absolute Gasteiger partial charge is 0.338 e. The quantitative estimate of drug-likeness (QED) is 0.618. The average molecular weight is 308 g/mol. The van der Waals surface area contributed by atoms with Gasteiger partial charge < -0.3 is 4.90 Å². The third-order valence-corrected chi connectivity index (χ3v) is 5.19. The van der Waals surface area contributed by atoms with Crippen molar-refractivity contribution in [3.8, 4) is 0 Å². The third-order valence-electron chi connectivity index (χ3n) is 3.96. The lowest BCUT2D eigenvalue weighted by molar-refractivity contribution is -0.385. The van der Waals surface area contributed by atoms with Crippen LogP contribution in [0, 0.1) is 10.1 Å². The first-order chi connectivity index (χ1) is 10.0. The Balaban J connectivity index is 2.12. The highest BCUT2D eigenvalue weighted by Gasteiger charge is 2.32. The molecule has 5 nitrogen and oxygen atoms in total. The van der Waals surface area contributed by atoms with Gasteiger partial charge in [-0.05, 0) is 31.1 Å². The summed E-state index contributed by atoms with van der Waals surface area (Å²) in [5, 5.41) is 11.6. The molecule has 6 heteroatoms. The fraction of sp³-hybridized carbons (Fsp3) is 0.533. The molecule has 1 amide bonds. The summed E-state index contributed by atoms with van der Waals surface area (Å²) in [5.41, 5.74) is 0.0587. The first kappa shape index (κ1) is 15.8. The second-order valence-electron chi connectivity index (χ2n) is 5.23. The topological polar surface area (TPSA) is 63.5 Å². The predicted molar refractivity (Wildman–Crippen MR) is 84.7 cm³/mol. The summed E-state index contributed by atoms with van der Waals surface area (Å²) in [6, 6.07) is 6.34. The van der Waals surface area contributed by atoms with Gasteiger partial charge in [0.25, 0.3) is 11.6 Å². The summed E-state index contributed by atoms with van der Waals surface area (Å²) in [6.07, 6.45) is 3.06. The highest BCUT2D eigenvalue weighted by Crippen LogP contribution is 2.33. The van der Waals surface area contributed by atoms with Crippen LogP contribution >= 0.6 is 11.8 Å². The molecule has 1 aliphatic rings. The minimum atomic E-state index is -0.495. The molecule has 0 unspecified atom stereocenters. The van der Waals surface area contributed by atoms with Gasteiger partial charge in [-0.2, -0.15) is 11.8 Å². The number of hydrogen-bond acceptors (Lipinski definition) is 4. The first-order valence-electron chi connectivity index (χ1n) is 7.16. The molecule has 0 radical (unpaired) electrons. The zero-order chi connectivity index (χ0) is 15.4. The van der Waals surface area contributed by atoms with Gasteiger partial charge in [-0.3, -0.25) is 14.9 Å². The van der Waals surface area contributed by atoms with E-state index >= 15 is 0 Å². The molecule has 1 aromatic carbocycles. The standard InChI is InChI=1S/C15H20N2O3S/c1-3-21-12-9-8-11(10-12)16(2)15(18)13-6-4-5-7-14(13)17(19)20/h4-7,11-12H,3,8-10H2,1-2H3/t11-,12+/m1/s1. The van der Waals surface area contributed by atoms with Crippen LogP contribution in [0.1, 0.15) is 36.5 Å². The number of benzene rings is 1. The van der Waals surface area contributed by atoms with Crippen molar-refractivity contribution in [2.24, 2.45) is 0 Å². The lowest BCUT2D eigenvalue weighted by atomic mass is 10.1. The van der Waals surface area contributed by atoms with Crippen LogP contribution in [-0.2, 0) is 0 Å². The fourth-order valence-corrected chi connectivity index (χ4v) is 3.96. The van der Waals surface area contributed by atoms with Crippen LogP contribution < -0.4 is 0 Å². The average Bonchev–Trinajstić information content (AvgIpc) is 2.94. The molecule has 0 spiro atoms. The van der Waals surface area contributed by atoms with Crippen molar-refractivity contribution < 1.29 is 9.72 Å². The van der Waals surface area contributed by atoms with Crippen LogP contribution in [0.25, 0.3) is 0 Å². The number of rotatable bonds is 5. The van der Waals surface area contributed by atoms with E-state index in [0.29, 0.717) is 5.25 Å². The number of thioether (sulfide) groups is 1. The molecule has 0 bridgehead atoms. The summed E-state index contributed by atoms with van der Waals surface area (Å²) >= 11 is 1.93. The summed E-state index contributed by atoms with van der Waals surface area (Å²) in [7, 11) is 1.75. The van der Waals surface area contributed by atoms with E-state index in [9.17, 15) is 14.9 Å². The van der Waals surface area contributed by atoms with Crippen molar-refractivity contribution >= 4 is 23.4 Å². The van der Waals surface area contributed by atoms with Gasteiger partial charge in [0.05, 0.1) is 4.92 Å². The van der Waals surface area contributed by atoms with E-state index < -0.39 is 4.92 Å². The van der Waals surface area contributed by atoms with Gasteiger partial charge in [0.2, 0.25) is 0 Å². The van der Waals surface area contributed by atoms with Crippen LogP contribution in [0.4, 0.5) is 5.69 Å². The molecule has 114 valence electrons. The Hall–Kier alpha value is -1.56. The minimum Gasteiger partial charge on any atom is -0.338 e. The normalized spacial score (nSPS) is 21.2. The van der Waals surface area contributed by atoms with Gasteiger partial charge >= 0.3 is 0 Å². The predicted octanol–water partition coefficient (Wildman–Crippen LogP) is 3.34. The molecule has 21 heavy (non-hydrogen) atoms. The highest BCUT2D eigenvalue weighted by molar-refractivity contribution is 7.99. The third kappa shape index (κ3) is 3.56. The van der Waals surface area contributed by atoms with Gasteiger partial charge in [-0.15, -0.1) is 0 Å². The lowest BCUT2D eigenvalue weighted by Crippen LogP contribution is -2.36. The molecule has 2 rings (SSSR count). The molecule has 1 fully saturated rings. The number of nitro groups is 1. The second kappa shape index (κ2) is 6.93. The maximum atomic E-state index is 12.5. The second-order valence-corrected chi connectivity index (χ2v) is 6.81. The van der Waals surface area contributed by atoms with Crippen molar-refractivity contribution in [1.29, 1.82) is 0 Å². The maximum absolute atomic E-state index is 12.5. The van der Waals surface area contributed by atoms with Crippen LogP contribution in [0.3, 0.4) is 0 Å². The smallest absolute Gasteiger partial charge is 0.282 e. The number of amides is 1. The van der Waals surface area contributed by atoms with E-state index in [0.717, 1.165) is 25.0 Å². The molecular weight excluding hydrogens is 288 g/mol. The number of carbonyl (C=O) groups excluding carboxylic acids is 1. The molecule has 2 atom stereocenters. The van der Waals surface area contributed by atoms with Crippen LogP contribution in [0.15, 0.2) is 24.3 Å². The number of carbonyl (C=O) groups is 1. The molecule has 0 heterocycles.